The third kappa shape index (κ3) is 3.97. The van der Waals surface area contributed by atoms with Crippen molar-refractivity contribution in [1.29, 1.82) is 0 Å². The molecule has 0 bridgehead atoms. The summed E-state index contributed by atoms with van der Waals surface area (Å²) in [6.07, 6.45) is 0.250. The van der Waals surface area contributed by atoms with Gasteiger partial charge in [0.05, 0.1) is 5.56 Å². The zero-order chi connectivity index (χ0) is 12.1. The number of halogens is 4. The number of hydrogen-bond acceptors (Lipinski definition) is 2. The molecule has 0 saturated carbocycles. The topological polar surface area (TPSA) is 26.3 Å². The van der Waals surface area contributed by atoms with E-state index in [9.17, 15) is 13.6 Å². The van der Waals surface area contributed by atoms with Crippen LogP contribution in [-0.4, -0.2) is 17.7 Å². The van der Waals surface area contributed by atoms with Crippen LogP contribution in [-0.2, 0) is 0 Å². The lowest BCUT2D eigenvalue weighted by Gasteiger charge is -2.09. The molecule has 0 unspecified atom stereocenters. The lowest BCUT2D eigenvalue weighted by atomic mass is 10.1. The summed E-state index contributed by atoms with van der Waals surface area (Å²) in [5.74, 6) is -0.281. The zero-order valence-electron chi connectivity index (χ0n) is 8.05. The van der Waals surface area contributed by atoms with Crippen molar-refractivity contribution >= 4 is 44.3 Å². The van der Waals surface area contributed by atoms with E-state index >= 15 is 0 Å². The molecular formula is C10H8BrF2IO2. The first-order valence-electron chi connectivity index (χ1n) is 4.38. The van der Waals surface area contributed by atoms with Gasteiger partial charge in [0.25, 0.3) is 0 Å². The first-order valence-corrected chi connectivity index (χ1v) is 6.58. The Hall–Kier alpha value is -0.240. The molecular weight excluding hydrogens is 397 g/mol. The van der Waals surface area contributed by atoms with Crippen molar-refractivity contribution in [2.75, 3.05) is 5.33 Å². The van der Waals surface area contributed by atoms with Gasteiger partial charge in [0.1, 0.15) is 5.75 Å². The highest BCUT2D eigenvalue weighted by atomic mass is 127. The van der Waals surface area contributed by atoms with Crippen molar-refractivity contribution in [3.05, 3.63) is 27.3 Å². The molecule has 88 valence electrons. The summed E-state index contributed by atoms with van der Waals surface area (Å²) >= 11 is 5.09. The van der Waals surface area contributed by atoms with E-state index in [1.165, 1.54) is 12.1 Å². The molecule has 0 heterocycles. The average molecular weight is 405 g/mol. The molecule has 2 nitrogen and oxygen atoms in total. The Kier molecular flexibility index (Phi) is 5.60. The fourth-order valence-electron chi connectivity index (χ4n) is 1.14. The Labute approximate surface area is 114 Å². The van der Waals surface area contributed by atoms with Gasteiger partial charge in [0.15, 0.2) is 5.78 Å². The van der Waals surface area contributed by atoms with Gasteiger partial charge >= 0.3 is 6.61 Å². The molecule has 0 radical (unpaired) electrons. The third-order valence-corrected chi connectivity index (χ3v) is 2.85. The van der Waals surface area contributed by atoms with Crippen LogP contribution in [0.1, 0.15) is 16.8 Å². The Balaban J connectivity index is 3.02. The molecule has 1 aromatic carbocycles. The van der Waals surface area contributed by atoms with Crippen LogP contribution in [0.2, 0.25) is 0 Å². The predicted octanol–water partition coefficient (Wildman–Crippen LogP) is 3.86. The van der Waals surface area contributed by atoms with E-state index in [0.29, 0.717) is 5.33 Å². The molecule has 0 aliphatic carbocycles. The number of benzene rings is 1. The number of carbonyl (C=O) groups is 1. The van der Waals surface area contributed by atoms with Crippen molar-refractivity contribution < 1.29 is 18.3 Å². The van der Waals surface area contributed by atoms with Crippen LogP contribution in [0.4, 0.5) is 8.78 Å². The zero-order valence-corrected chi connectivity index (χ0v) is 11.8. The molecule has 0 atom stereocenters. The molecule has 0 spiro atoms. The molecule has 0 saturated heterocycles. The van der Waals surface area contributed by atoms with Gasteiger partial charge < -0.3 is 4.74 Å². The first-order chi connectivity index (χ1) is 7.54. The van der Waals surface area contributed by atoms with Gasteiger partial charge in [-0.2, -0.15) is 8.78 Å². The van der Waals surface area contributed by atoms with Gasteiger partial charge in [-0.3, -0.25) is 4.79 Å². The monoisotopic (exact) mass is 404 g/mol. The van der Waals surface area contributed by atoms with Crippen LogP contribution < -0.4 is 4.74 Å². The van der Waals surface area contributed by atoms with E-state index in [-0.39, 0.29) is 23.5 Å². The average Bonchev–Trinajstić information content (AvgIpc) is 2.16. The highest BCUT2D eigenvalue weighted by molar-refractivity contribution is 14.1. The van der Waals surface area contributed by atoms with E-state index in [1.807, 2.05) is 22.6 Å². The molecule has 16 heavy (non-hydrogen) atoms. The van der Waals surface area contributed by atoms with Crippen LogP contribution in [0.3, 0.4) is 0 Å². The summed E-state index contributed by atoms with van der Waals surface area (Å²) in [7, 11) is 0. The molecule has 0 N–H and O–H groups in total. The first kappa shape index (κ1) is 13.8. The van der Waals surface area contributed by atoms with Gasteiger partial charge in [-0.15, -0.1) is 0 Å². The maximum Gasteiger partial charge on any atom is 0.387 e. The lowest BCUT2D eigenvalue weighted by molar-refractivity contribution is -0.0501. The molecule has 0 aliphatic heterocycles. The Morgan fingerprint density at radius 1 is 1.50 bits per heavy atom. The van der Waals surface area contributed by atoms with Gasteiger partial charge in [-0.25, -0.2) is 0 Å². The van der Waals surface area contributed by atoms with Crippen LogP contribution >= 0.6 is 38.5 Å². The van der Waals surface area contributed by atoms with Crippen LogP contribution in [0.5, 0.6) is 5.75 Å². The van der Waals surface area contributed by atoms with Gasteiger partial charge in [0, 0.05) is 15.3 Å². The van der Waals surface area contributed by atoms with E-state index in [4.69, 9.17) is 0 Å². The summed E-state index contributed by atoms with van der Waals surface area (Å²) < 4.78 is 29.3. The minimum Gasteiger partial charge on any atom is -0.434 e. The molecule has 1 rings (SSSR count). The quantitative estimate of drug-likeness (QED) is 0.423. The molecule has 0 fully saturated rings. The number of ketones is 1. The molecule has 0 aromatic heterocycles. The van der Waals surface area contributed by atoms with Crippen molar-refractivity contribution in [2.45, 2.75) is 13.0 Å². The van der Waals surface area contributed by atoms with Crippen molar-refractivity contribution in [1.82, 2.24) is 0 Å². The largest absolute Gasteiger partial charge is 0.434 e. The highest BCUT2D eigenvalue weighted by Gasteiger charge is 2.15. The second-order valence-corrected chi connectivity index (χ2v) is 4.92. The summed E-state index contributed by atoms with van der Waals surface area (Å²) in [6.45, 7) is -2.92. The van der Waals surface area contributed by atoms with Crippen LogP contribution in [0, 0.1) is 3.57 Å². The predicted molar refractivity (Wildman–Crippen MR) is 68.5 cm³/mol. The lowest BCUT2D eigenvalue weighted by Crippen LogP contribution is -2.08. The van der Waals surface area contributed by atoms with E-state index < -0.39 is 6.61 Å². The minimum atomic E-state index is -2.92. The van der Waals surface area contributed by atoms with Gasteiger partial charge in [0.2, 0.25) is 0 Å². The Bertz CT molecular complexity index is 385. The summed E-state index contributed by atoms with van der Waals surface area (Å²) in [5.41, 5.74) is 0.195. The maximum absolute atomic E-state index is 12.1. The summed E-state index contributed by atoms with van der Waals surface area (Å²) in [5, 5.41) is 0.492. The normalized spacial score (nSPS) is 10.6. The van der Waals surface area contributed by atoms with Crippen LogP contribution in [0.25, 0.3) is 0 Å². The number of alkyl halides is 3. The molecule has 1 aromatic rings. The number of rotatable bonds is 5. The summed E-state index contributed by atoms with van der Waals surface area (Å²) in [4.78, 5) is 11.6. The van der Waals surface area contributed by atoms with Crippen molar-refractivity contribution in [2.24, 2.45) is 0 Å². The van der Waals surface area contributed by atoms with Gasteiger partial charge in [-0.05, 0) is 40.8 Å². The van der Waals surface area contributed by atoms with E-state index in [2.05, 4.69) is 20.7 Å². The smallest absolute Gasteiger partial charge is 0.387 e. The SMILES string of the molecule is O=C(CCBr)c1ccc(I)cc1OC(F)F. The van der Waals surface area contributed by atoms with E-state index in [0.717, 1.165) is 3.57 Å². The Morgan fingerprint density at radius 2 is 2.19 bits per heavy atom. The molecule has 6 heteroatoms. The highest BCUT2D eigenvalue weighted by Crippen LogP contribution is 2.24. The number of carbonyl (C=O) groups excluding carboxylic acids is 1. The number of Topliss-reactive ketones (excluding diaryl/α,β-unsaturated/α-hetero) is 1. The minimum absolute atomic E-state index is 0.0622. The van der Waals surface area contributed by atoms with Gasteiger partial charge in [-0.1, -0.05) is 15.9 Å². The third-order valence-electron chi connectivity index (χ3n) is 1.78. The second kappa shape index (κ2) is 6.48. The maximum atomic E-state index is 12.1. The summed E-state index contributed by atoms with van der Waals surface area (Å²) in [6, 6.07) is 4.61. The number of hydrogen-bond donors (Lipinski definition) is 0. The Morgan fingerprint density at radius 3 is 2.75 bits per heavy atom. The van der Waals surface area contributed by atoms with Crippen molar-refractivity contribution in [3.63, 3.8) is 0 Å². The number of ether oxygens (including phenoxy) is 1. The molecule has 0 aliphatic rings. The fraction of sp³-hybridized carbons (Fsp3) is 0.300. The fourth-order valence-corrected chi connectivity index (χ4v) is 1.96. The second-order valence-electron chi connectivity index (χ2n) is 2.88. The molecule has 0 amide bonds. The van der Waals surface area contributed by atoms with Crippen molar-refractivity contribution in [3.8, 4) is 5.75 Å². The standard InChI is InChI=1S/C10H8BrF2IO2/c11-4-3-8(15)7-2-1-6(14)5-9(7)16-10(12)13/h1-2,5,10H,3-4H2. The van der Waals surface area contributed by atoms with Crippen LogP contribution in [0.15, 0.2) is 18.2 Å². The van der Waals surface area contributed by atoms with E-state index in [1.54, 1.807) is 6.07 Å².